The van der Waals surface area contributed by atoms with E-state index in [0.29, 0.717) is 6.42 Å². The zero-order valence-electron chi connectivity index (χ0n) is 8.32. The lowest BCUT2D eigenvalue weighted by molar-refractivity contribution is -0.126. The smallest absolute Gasteiger partial charge is 0.165 e. The Kier molecular flexibility index (Phi) is 4.72. The molecule has 0 amide bonds. The minimum Gasteiger partial charge on any atom is -0.385 e. The Morgan fingerprint density at radius 2 is 2.33 bits per heavy atom. The Hall–Kier alpha value is -0.930. The van der Waals surface area contributed by atoms with Crippen molar-refractivity contribution in [3.8, 4) is 0 Å². The summed E-state index contributed by atoms with van der Waals surface area (Å²) in [4.78, 5) is 11.5. The van der Waals surface area contributed by atoms with Gasteiger partial charge in [0.15, 0.2) is 5.78 Å². The van der Waals surface area contributed by atoms with Gasteiger partial charge in [0.1, 0.15) is 6.10 Å². The van der Waals surface area contributed by atoms with Crippen LogP contribution in [0.15, 0.2) is 41.4 Å². The number of carbonyl (C=O) groups excluding carboxylic acids is 1. The summed E-state index contributed by atoms with van der Waals surface area (Å²) in [7, 11) is 0. The van der Waals surface area contributed by atoms with Crippen LogP contribution in [-0.4, -0.2) is 17.0 Å². The van der Waals surface area contributed by atoms with E-state index in [0.717, 1.165) is 10.0 Å². The molecule has 0 heterocycles. The molecule has 0 saturated heterocycles. The maximum atomic E-state index is 11.5. The van der Waals surface area contributed by atoms with E-state index in [4.69, 9.17) is 0 Å². The van der Waals surface area contributed by atoms with Gasteiger partial charge in [0.2, 0.25) is 0 Å². The monoisotopic (exact) mass is 268 g/mol. The molecular formula is C12H13BrO2. The molecule has 1 rings (SSSR count). The molecule has 0 fully saturated rings. The van der Waals surface area contributed by atoms with Gasteiger partial charge < -0.3 is 5.11 Å². The van der Waals surface area contributed by atoms with Crippen LogP contribution in [0, 0.1) is 0 Å². The first-order valence-corrected chi connectivity index (χ1v) is 5.49. The van der Waals surface area contributed by atoms with E-state index >= 15 is 0 Å². The van der Waals surface area contributed by atoms with Crippen molar-refractivity contribution in [1.29, 1.82) is 0 Å². The van der Waals surface area contributed by atoms with Crippen molar-refractivity contribution >= 4 is 21.7 Å². The lowest BCUT2D eigenvalue weighted by Gasteiger charge is -2.06. The second kappa shape index (κ2) is 5.83. The average molecular weight is 269 g/mol. The molecule has 0 aliphatic heterocycles. The number of rotatable bonds is 5. The third-order valence-corrected chi connectivity index (χ3v) is 2.52. The zero-order chi connectivity index (χ0) is 11.3. The van der Waals surface area contributed by atoms with Crippen LogP contribution in [0.2, 0.25) is 0 Å². The number of halogens is 1. The molecule has 1 N–H and O–H groups in total. The van der Waals surface area contributed by atoms with Gasteiger partial charge in [-0.2, -0.15) is 0 Å². The fourth-order valence-corrected chi connectivity index (χ4v) is 1.70. The standard InChI is InChI=1S/C12H13BrO2/c1-2-4-11(14)12(15)8-9-5-3-6-10(13)7-9/h2-3,5-7,11,14H,1,4,8H2. The van der Waals surface area contributed by atoms with Gasteiger partial charge in [-0.25, -0.2) is 0 Å². The second-order valence-electron chi connectivity index (χ2n) is 3.31. The quantitative estimate of drug-likeness (QED) is 0.834. The number of aliphatic hydroxyl groups is 1. The molecule has 2 nitrogen and oxygen atoms in total. The van der Waals surface area contributed by atoms with E-state index in [-0.39, 0.29) is 12.2 Å². The van der Waals surface area contributed by atoms with Crippen LogP contribution in [0.1, 0.15) is 12.0 Å². The molecule has 80 valence electrons. The number of carbonyl (C=O) groups is 1. The molecule has 0 aliphatic rings. The van der Waals surface area contributed by atoms with Crippen LogP contribution in [0.3, 0.4) is 0 Å². The second-order valence-corrected chi connectivity index (χ2v) is 4.23. The Morgan fingerprint density at radius 1 is 1.60 bits per heavy atom. The SMILES string of the molecule is C=CCC(O)C(=O)Cc1cccc(Br)c1. The van der Waals surface area contributed by atoms with Crippen molar-refractivity contribution in [2.24, 2.45) is 0 Å². The topological polar surface area (TPSA) is 37.3 Å². The summed E-state index contributed by atoms with van der Waals surface area (Å²) in [5.41, 5.74) is 0.900. The molecule has 1 atom stereocenters. The molecule has 0 radical (unpaired) electrons. The van der Waals surface area contributed by atoms with Gasteiger partial charge >= 0.3 is 0 Å². The first kappa shape index (κ1) is 12.1. The molecular weight excluding hydrogens is 256 g/mol. The first-order valence-electron chi connectivity index (χ1n) is 4.69. The molecule has 1 aromatic carbocycles. The van der Waals surface area contributed by atoms with Crippen molar-refractivity contribution in [2.75, 3.05) is 0 Å². The van der Waals surface area contributed by atoms with Crippen LogP contribution in [0.5, 0.6) is 0 Å². The molecule has 0 saturated carbocycles. The van der Waals surface area contributed by atoms with Crippen molar-refractivity contribution in [1.82, 2.24) is 0 Å². The maximum absolute atomic E-state index is 11.5. The van der Waals surface area contributed by atoms with Crippen molar-refractivity contribution in [2.45, 2.75) is 18.9 Å². The van der Waals surface area contributed by atoms with Crippen molar-refractivity contribution < 1.29 is 9.90 Å². The highest BCUT2D eigenvalue weighted by atomic mass is 79.9. The number of Topliss-reactive ketones (excluding diaryl/α,β-unsaturated/α-hetero) is 1. The van der Waals surface area contributed by atoms with E-state index in [1.807, 2.05) is 24.3 Å². The molecule has 15 heavy (non-hydrogen) atoms. The molecule has 1 unspecified atom stereocenters. The van der Waals surface area contributed by atoms with Crippen molar-refractivity contribution in [3.05, 3.63) is 47.0 Å². The van der Waals surface area contributed by atoms with E-state index in [1.165, 1.54) is 0 Å². The van der Waals surface area contributed by atoms with Gasteiger partial charge in [-0.3, -0.25) is 4.79 Å². The van der Waals surface area contributed by atoms with Gasteiger partial charge in [0.25, 0.3) is 0 Å². The summed E-state index contributed by atoms with van der Waals surface area (Å²) in [6, 6.07) is 7.50. The minimum atomic E-state index is -0.929. The Labute approximate surface area is 97.8 Å². The lowest BCUT2D eigenvalue weighted by atomic mass is 10.0. The summed E-state index contributed by atoms with van der Waals surface area (Å²) in [5.74, 6) is -0.173. The van der Waals surface area contributed by atoms with Gasteiger partial charge in [0.05, 0.1) is 0 Å². The Bertz CT molecular complexity index is 360. The zero-order valence-corrected chi connectivity index (χ0v) is 9.90. The molecule has 0 bridgehead atoms. The summed E-state index contributed by atoms with van der Waals surface area (Å²) in [6.07, 6.45) is 1.19. The summed E-state index contributed by atoms with van der Waals surface area (Å²) in [5, 5.41) is 9.42. The highest BCUT2D eigenvalue weighted by molar-refractivity contribution is 9.10. The Balaban J connectivity index is 2.62. The number of hydrogen-bond acceptors (Lipinski definition) is 2. The molecule has 0 aliphatic carbocycles. The normalized spacial score (nSPS) is 12.1. The minimum absolute atomic E-state index is 0.173. The molecule has 1 aromatic rings. The van der Waals surface area contributed by atoms with Gasteiger partial charge in [-0.15, -0.1) is 6.58 Å². The van der Waals surface area contributed by atoms with E-state index in [2.05, 4.69) is 22.5 Å². The van der Waals surface area contributed by atoms with Crippen LogP contribution >= 0.6 is 15.9 Å². The van der Waals surface area contributed by atoms with Crippen LogP contribution < -0.4 is 0 Å². The summed E-state index contributed by atoms with van der Waals surface area (Å²) in [6.45, 7) is 3.48. The number of benzene rings is 1. The summed E-state index contributed by atoms with van der Waals surface area (Å²) >= 11 is 3.33. The van der Waals surface area contributed by atoms with Gasteiger partial charge in [-0.1, -0.05) is 34.1 Å². The number of aliphatic hydroxyl groups excluding tert-OH is 1. The highest BCUT2D eigenvalue weighted by Crippen LogP contribution is 2.13. The maximum Gasteiger partial charge on any atom is 0.165 e. The Morgan fingerprint density at radius 3 is 2.93 bits per heavy atom. The third kappa shape index (κ3) is 3.98. The van der Waals surface area contributed by atoms with E-state index < -0.39 is 6.10 Å². The number of hydrogen-bond donors (Lipinski definition) is 1. The molecule has 0 spiro atoms. The highest BCUT2D eigenvalue weighted by Gasteiger charge is 2.13. The van der Waals surface area contributed by atoms with Crippen LogP contribution in [0.4, 0.5) is 0 Å². The van der Waals surface area contributed by atoms with E-state index in [9.17, 15) is 9.90 Å². The van der Waals surface area contributed by atoms with Crippen LogP contribution in [0.25, 0.3) is 0 Å². The van der Waals surface area contributed by atoms with Gasteiger partial charge in [0, 0.05) is 10.9 Å². The lowest BCUT2D eigenvalue weighted by Crippen LogP contribution is -2.21. The predicted octanol–water partition coefficient (Wildman–Crippen LogP) is 2.50. The van der Waals surface area contributed by atoms with Crippen LogP contribution in [-0.2, 0) is 11.2 Å². The fraction of sp³-hybridized carbons (Fsp3) is 0.250. The molecule has 3 heteroatoms. The van der Waals surface area contributed by atoms with Crippen molar-refractivity contribution in [3.63, 3.8) is 0 Å². The number of ketones is 1. The average Bonchev–Trinajstić information content (AvgIpc) is 2.18. The third-order valence-electron chi connectivity index (χ3n) is 2.03. The fourth-order valence-electron chi connectivity index (χ4n) is 1.26. The van der Waals surface area contributed by atoms with E-state index in [1.54, 1.807) is 6.08 Å². The molecule has 0 aromatic heterocycles. The summed E-state index contributed by atoms with van der Waals surface area (Å²) < 4.78 is 0.936. The van der Waals surface area contributed by atoms with Gasteiger partial charge in [-0.05, 0) is 24.1 Å². The predicted molar refractivity (Wildman–Crippen MR) is 63.7 cm³/mol. The first-order chi connectivity index (χ1) is 7.13. The largest absolute Gasteiger partial charge is 0.385 e.